The van der Waals surface area contributed by atoms with Crippen molar-refractivity contribution >= 4 is 6.16 Å². The first-order chi connectivity index (χ1) is 17.1. The summed E-state index contributed by atoms with van der Waals surface area (Å²) >= 11 is 0. The molecule has 0 bridgehead atoms. The lowest BCUT2D eigenvalue weighted by atomic mass is 10.2. The van der Waals surface area contributed by atoms with Crippen LogP contribution in [0.2, 0.25) is 0 Å². The van der Waals surface area contributed by atoms with Crippen LogP contribution in [0.1, 0.15) is 6.92 Å². The van der Waals surface area contributed by atoms with Gasteiger partial charge in [-0.25, -0.2) is 4.79 Å². The minimum Gasteiger partial charge on any atom is -0.438 e. The minimum absolute atomic E-state index is 0.237. The Labute approximate surface area is 205 Å². The van der Waals surface area contributed by atoms with E-state index in [2.05, 4.69) is 9.47 Å². The molecule has 0 aromatic rings. The topological polar surface area (TPSA) is 63.2 Å². The number of ether oxygens (including phenoxy) is 5. The lowest BCUT2D eigenvalue weighted by Crippen LogP contribution is -2.70. The van der Waals surface area contributed by atoms with E-state index in [9.17, 15) is 92.6 Å². The van der Waals surface area contributed by atoms with Crippen LogP contribution in [-0.2, 0) is 23.7 Å². The molecule has 26 heteroatoms. The second kappa shape index (κ2) is 10.5. The summed E-state index contributed by atoms with van der Waals surface area (Å²) in [5.41, 5.74) is 0. The summed E-state index contributed by atoms with van der Waals surface area (Å²) in [6.45, 7) is -4.56. The molecular formula is C14H8F20O6. The summed E-state index contributed by atoms with van der Waals surface area (Å²) in [6.07, 6.45) is -49.4. The lowest BCUT2D eigenvalue weighted by molar-refractivity contribution is -0.575. The predicted octanol–water partition coefficient (Wildman–Crippen LogP) is 6.94. The van der Waals surface area contributed by atoms with E-state index in [4.69, 9.17) is 0 Å². The Balaban J connectivity index is 7.04. The van der Waals surface area contributed by atoms with Crippen LogP contribution < -0.4 is 0 Å². The van der Waals surface area contributed by atoms with Crippen molar-refractivity contribution in [2.75, 3.05) is 13.7 Å². The van der Waals surface area contributed by atoms with Crippen LogP contribution >= 0.6 is 0 Å². The first kappa shape index (κ1) is 37.8. The second-order valence-electron chi connectivity index (χ2n) is 6.90. The minimum atomic E-state index is -8.34. The molecule has 0 aliphatic carbocycles. The standard InChI is InChI=1S/C14H8F20O6/c1-5(15,16)12(29,30)39-8(19,11(26,27)28)14(33,34)40-7(18,10(23,24)25)13(31,32)38-6(17,9(20,21)22)3-37-4(35)36-2/h3H2,1-2H3. The van der Waals surface area contributed by atoms with Gasteiger partial charge >= 0.3 is 66.5 Å². The number of halogens is 20. The van der Waals surface area contributed by atoms with Gasteiger partial charge in [-0.05, 0) is 0 Å². The number of alkyl halides is 20. The molecule has 0 rings (SSSR count). The first-order valence-corrected chi connectivity index (χ1v) is 8.67. The highest BCUT2D eigenvalue weighted by Crippen LogP contribution is 2.58. The van der Waals surface area contributed by atoms with Crippen LogP contribution in [0.3, 0.4) is 0 Å². The van der Waals surface area contributed by atoms with Crippen molar-refractivity contribution in [2.24, 2.45) is 0 Å². The van der Waals surface area contributed by atoms with E-state index < -0.39 is 80.0 Å². The van der Waals surface area contributed by atoms with E-state index in [1.54, 1.807) is 0 Å². The molecule has 6 nitrogen and oxygen atoms in total. The van der Waals surface area contributed by atoms with Gasteiger partial charge in [0.15, 0.2) is 6.61 Å². The van der Waals surface area contributed by atoms with Gasteiger partial charge in [-0.15, -0.1) is 0 Å². The maximum atomic E-state index is 14.2. The van der Waals surface area contributed by atoms with E-state index in [1.165, 1.54) is 9.47 Å². The third-order valence-electron chi connectivity index (χ3n) is 3.78. The zero-order valence-corrected chi connectivity index (χ0v) is 18.2. The van der Waals surface area contributed by atoms with Crippen molar-refractivity contribution in [2.45, 2.75) is 67.3 Å². The van der Waals surface area contributed by atoms with Gasteiger partial charge in [0.2, 0.25) is 0 Å². The molecule has 0 saturated carbocycles. The maximum Gasteiger partial charge on any atom is 0.508 e. The van der Waals surface area contributed by atoms with Gasteiger partial charge in [0.25, 0.3) is 0 Å². The quantitative estimate of drug-likeness (QED) is 0.178. The molecule has 0 aliphatic rings. The zero-order valence-electron chi connectivity index (χ0n) is 18.2. The van der Waals surface area contributed by atoms with Gasteiger partial charge in [-0.2, -0.15) is 87.8 Å². The van der Waals surface area contributed by atoms with Gasteiger partial charge in [0.05, 0.1) is 7.11 Å². The van der Waals surface area contributed by atoms with E-state index in [0.29, 0.717) is 0 Å². The van der Waals surface area contributed by atoms with Crippen LogP contribution in [0.25, 0.3) is 0 Å². The van der Waals surface area contributed by atoms with Crippen molar-refractivity contribution in [3.63, 3.8) is 0 Å². The highest BCUT2D eigenvalue weighted by atomic mass is 19.4. The van der Waals surface area contributed by atoms with Gasteiger partial charge in [0, 0.05) is 6.92 Å². The normalized spacial score (nSPS) is 19.4. The Bertz CT molecular complexity index is 892. The molecule has 0 amide bonds. The van der Waals surface area contributed by atoms with Gasteiger partial charge < -0.3 is 9.47 Å². The van der Waals surface area contributed by atoms with Crippen LogP contribution in [0.15, 0.2) is 0 Å². The predicted molar refractivity (Wildman–Crippen MR) is 76.8 cm³/mol. The highest BCUT2D eigenvalue weighted by Gasteiger charge is 2.86. The fourth-order valence-corrected chi connectivity index (χ4v) is 1.72. The number of hydrogen-bond acceptors (Lipinski definition) is 6. The average molecular weight is 652 g/mol. The van der Waals surface area contributed by atoms with E-state index >= 15 is 0 Å². The Morgan fingerprint density at radius 3 is 1.12 bits per heavy atom. The van der Waals surface area contributed by atoms with Crippen LogP contribution in [0, 0.1) is 0 Å². The molecule has 0 heterocycles. The third kappa shape index (κ3) is 7.14. The molecule has 0 aliphatic heterocycles. The largest absolute Gasteiger partial charge is 0.508 e. The molecular weight excluding hydrogens is 644 g/mol. The average Bonchev–Trinajstić information content (AvgIpc) is 2.67. The molecule has 0 spiro atoms. The summed E-state index contributed by atoms with van der Waals surface area (Å²) in [5.74, 6) is -29.2. The summed E-state index contributed by atoms with van der Waals surface area (Å²) in [5, 5.41) is 0. The molecule has 0 radical (unpaired) electrons. The molecule has 3 unspecified atom stereocenters. The highest BCUT2D eigenvalue weighted by molar-refractivity contribution is 5.59. The van der Waals surface area contributed by atoms with Crippen LogP contribution in [0.5, 0.6) is 0 Å². The Kier molecular flexibility index (Phi) is 9.95. The van der Waals surface area contributed by atoms with Crippen molar-refractivity contribution in [1.82, 2.24) is 0 Å². The van der Waals surface area contributed by atoms with E-state index in [1.807, 2.05) is 4.74 Å². The van der Waals surface area contributed by atoms with Crippen LogP contribution in [-0.4, -0.2) is 80.2 Å². The summed E-state index contributed by atoms with van der Waals surface area (Å²) in [4.78, 5) is 10.6. The maximum absolute atomic E-state index is 14.2. The van der Waals surface area contributed by atoms with E-state index in [0.717, 1.165) is 0 Å². The lowest BCUT2D eigenvalue weighted by Gasteiger charge is -2.42. The fourth-order valence-electron chi connectivity index (χ4n) is 1.72. The molecule has 240 valence electrons. The molecule has 40 heavy (non-hydrogen) atoms. The fraction of sp³-hybridized carbons (Fsp3) is 0.929. The first-order valence-electron chi connectivity index (χ1n) is 8.67. The molecule has 3 atom stereocenters. The number of carbonyl (C=O) groups excluding carboxylic acids is 1. The molecule has 0 aromatic carbocycles. The Hall–Kier alpha value is -2.25. The number of methoxy groups -OCH3 is 1. The van der Waals surface area contributed by atoms with Crippen molar-refractivity contribution in [1.29, 1.82) is 0 Å². The van der Waals surface area contributed by atoms with Crippen LogP contribution in [0.4, 0.5) is 92.6 Å². The molecule has 0 saturated heterocycles. The van der Waals surface area contributed by atoms with Crippen molar-refractivity contribution in [3.05, 3.63) is 0 Å². The smallest absolute Gasteiger partial charge is 0.438 e. The molecule has 0 aromatic heterocycles. The van der Waals surface area contributed by atoms with Gasteiger partial charge in [-0.1, -0.05) is 0 Å². The monoisotopic (exact) mass is 652 g/mol. The van der Waals surface area contributed by atoms with Crippen molar-refractivity contribution < 1.29 is 116 Å². The number of carbonyl (C=O) groups is 1. The van der Waals surface area contributed by atoms with Gasteiger partial charge in [0.1, 0.15) is 0 Å². The third-order valence-corrected chi connectivity index (χ3v) is 3.78. The summed E-state index contributed by atoms with van der Waals surface area (Å²) < 4.78 is 276. The van der Waals surface area contributed by atoms with Gasteiger partial charge in [-0.3, -0.25) is 14.2 Å². The van der Waals surface area contributed by atoms with Crippen molar-refractivity contribution in [3.8, 4) is 0 Å². The molecule has 0 fully saturated rings. The zero-order chi connectivity index (χ0) is 32.8. The second-order valence-corrected chi connectivity index (χ2v) is 6.90. The number of rotatable bonds is 11. The summed E-state index contributed by atoms with van der Waals surface area (Å²) in [7, 11) is 0.237. The molecule has 0 N–H and O–H groups in total. The summed E-state index contributed by atoms with van der Waals surface area (Å²) in [6, 6.07) is 0. The van der Waals surface area contributed by atoms with E-state index in [-0.39, 0.29) is 7.11 Å². The Morgan fingerprint density at radius 1 is 0.525 bits per heavy atom. The SMILES string of the molecule is COC(=O)OCC(F)(OC(F)(F)C(F)(OC(F)(F)C(F)(OC(F)(F)C(C)(F)F)C(F)(F)F)C(F)(F)F)C(F)(F)F. The Morgan fingerprint density at radius 2 is 0.850 bits per heavy atom. The number of hydrogen-bond donors (Lipinski definition) is 0.